The van der Waals surface area contributed by atoms with Crippen molar-refractivity contribution in [2.45, 2.75) is 51.3 Å². The molecule has 3 aromatic rings. The van der Waals surface area contributed by atoms with Gasteiger partial charge < -0.3 is 13.8 Å². The van der Waals surface area contributed by atoms with Crippen LogP contribution in [-0.4, -0.2) is 37.3 Å². The van der Waals surface area contributed by atoms with Crippen LogP contribution in [0, 0.1) is 5.82 Å². The molecule has 0 spiro atoms. The van der Waals surface area contributed by atoms with Crippen molar-refractivity contribution in [3.63, 3.8) is 0 Å². The molecule has 36 heavy (non-hydrogen) atoms. The Kier molecular flexibility index (Phi) is 8.47. The molecule has 0 radical (unpaired) electrons. The fourth-order valence-corrected chi connectivity index (χ4v) is 4.59. The highest BCUT2D eigenvalue weighted by molar-refractivity contribution is 7.87. The fraction of sp³-hybridized carbons (Fsp3) is 0.259. The summed E-state index contributed by atoms with van der Waals surface area (Å²) in [6.07, 6.45) is -0.429. The fourth-order valence-electron chi connectivity index (χ4n) is 3.47. The van der Waals surface area contributed by atoms with Gasteiger partial charge >= 0.3 is 16.1 Å². The molecule has 7 nitrogen and oxygen atoms in total. The number of nitrogens with zero attached hydrogens (tertiary/aromatic N) is 1. The van der Waals surface area contributed by atoms with Gasteiger partial charge in [0.05, 0.1) is 17.2 Å². The zero-order valence-corrected chi connectivity index (χ0v) is 21.3. The number of amides is 1. The van der Waals surface area contributed by atoms with Crippen molar-refractivity contribution in [1.29, 1.82) is 0 Å². The minimum absolute atomic E-state index is 0.00146. The summed E-state index contributed by atoms with van der Waals surface area (Å²) in [5, 5.41) is 0. The Morgan fingerprint density at radius 3 is 2.17 bits per heavy atom. The summed E-state index contributed by atoms with van der Waals surface area (Å²) >= 11 is 0. The quantitative estimate of drug-likeness (QED) is 0.288. The molecule has 1 amide bonds. The van der Waals surface area contributed by atoms with Gasteiger partial charge in [-0.1, -0.05) is 36.4 Å². The van der Waals surface area contributed by atoms with Gasteiger partial charge in [0, 0.05) is 12.6 Å². The Labute approximate surface area is 210 Å². The minimum atomic E-state index is -4.38. The van der Waals surface area contributed by atoms with Gasteiger partial charge in [0.15, 0.2) is 0 Å². The predicted octanol–water partition coefficient (Wildman–Crippen LogP) is 5.21. The van der Waals surface area contributed by atoms with E-state index < -0.39 is 33.9 Å². The van der Waals surface area contributed by atoms with E-state index in [1.54, 1.807) is 45.9 Å². The zero-order valence-electron chi connectivity index (χ0n) is 20.5. The van der Waals surface area contributed by atoms with E-state index in [-0.39, 0.29) is 34.4 Å². The molecular formula is C27H28FNO6S. The second-order valence-electron chi connectivity index (χ2n) is 8.64. The molecule has 0 aliphatic carbocycles. The van der Waals surface area contributed by atoms with E-state index in [1.165, 1.54) is 59.5 Å². The predicted molar refractivity (Wildman–Crippen MR) is 133 cm³/mol. The van der Waals surface area contributed by atoms with E-state index in [0.717, 1.165) is 0 Å². The molecule has 0 N–H and O–H groups in total. The Hall–Kier alpha value is -3.72. The first-order chi connectivity index (χ1) is 17.0. The number of carbonyl (C=O) groups is 2. The molecule has 0 saturated heterocycles. The first kappa shape index (κ1) is 26.9. The van der Waals surface area contributed by atoms with E-state index in [9.17, 15) is 22.4 Å². The molecule has 9 heteroatoms. The van der Waals surface area contributed by atoms with Crippen molar-refractivity contribution in [2.75, 3.05) is 0 Å². The summed E-state index contributed by atoms with van der Waals surface area (Å²) in [5.41, 5.74) is 0.392. The molecule has 0 aliphatic rings. The van der Waals surface area contributed by atoms with Crippen LogP contribution in [0.15, 0.2) is 77.7 Å². The smallest absolute Gasteiger partial charge is 0.340 e. The summed E-state index contributed by atoms with van der Waals surface area (Å²) in [6, 6.07) is 17.3. The van der Waals surface area contributed by atoms with E-state index in [2.05, 4.69) is 0 Å². The van der Waals surface area contributed by atoms with Crippen LogP contribution in [0.2, 0.25) is 0 Å². The lowest BCUT2D eigenvalue weighted by molar-refractivity contribution is 0.0372. The lowest BCUT2D eigenvalue weighted by Crippen LogP contribution is -2.36. The first-order valence-electron chi connectivity index (χ1n) is 11.4. The summed E-state index contributed by atoms with van der Waals surface area (Å²) in [4.78, 5) is 26.6. The number of hydrogen-bond acceptors (Lipinski definition) is 6. The topological polar surface area (TPSA) is 90.0 Å². The van der Waals surface area contributed by atoms with Gasteiger partial charge in [-0.15, -0.1) is 0 Å². The molecule has 0 aliphatic heterocycles. The third kappa shape index (κ3) is 6.48. The second-order valence-corrected chi connectivity index (χ2v) is 10.2. The van der Waals surface area contributed by atoms with Crippen LogP contribution >= 0.6 is 0 Å². The van der Waals surface area contributed by atoms with Crippen LogP contribution in [0.5, 0.6) is 5.75 Å². The summed E-state index contributed by atoms with van der Waals surface area (Å²) < 4.78 is 50.8. The maximum atomic E-state index is 14.2. The van der Waals surface area contributed by atoms with Gasteiger partial charge in [-0.3, -0.25) is 4.79 Å². The number of halogens is 1. The maximum Gasteiger partial charge on any atom is 0.340 e. The maximum absolute atomic E-state index is 14.2. The van der Waals surface area contributed by atoms with Gasteiger partial charge in [0.2, 0.25) is 0 Å². The second kappa shape index (κ2) is 11.3. The highest BCUT2D eigenvalue weighted by atomic mass is 32.2. The normalized spacial score (nSPS) is 11.4. The summed E-state index contributed by atoms with van der Waals surface area (Å²) in [6.45, 7) is 7.02. The highest BCUT2D eigenvalue weighted by Crippen LogP contribution is 2.25. The standard InChI is InChI=1S/C27H28FNO6S/c1-18(2)29(26(30)22-12-5-7-14-24(22)28)17-20-10-9-11-21(16-20)35-36(32,33)25-15-8-6-13-23(25)27(31)34-19(3)4/h5-16,18-19H,17H2,1-4H3. The van der Waals surface area contributed by atoms with Gasteiger partial charge in [-0.05, 0) is 69.7 Å². The van der Waals surface area contributed by atoms with E-state index >= 15 is 0 Å². The average molecular weight is 514 g/mol. The molecule has 0 bridgehead atoms. The summed E-state index contributed by atoms with van der Waals surface area (Å²) in [7, 11) is -4.38. The molecular weight excluding hydrogens is 485 g/mol. The van der Waals surface area contributed by atoms with Gasteiger partial charge in [-0.25, -0.2) is 9.18 Å². The molecule has 3 aromatic carbocycles. The van der Waals surface area contributed by atoms with Crippen molar-refractivity contribution >= 4 is 22.0 Å². The Morgan fingerprint density at radius 1 is 0.889 bits per heavy atom. The molecule has 0 aromatic heterocycles. The van der Waals surface area contributed by atoms with Crippen LogP contribution in [0.25, 0.3) is 0 Å². The van der Waals surface area contributed by atoms with Crippen LogP contribution < -0.4 is 4.18 Å². The third-order valence-corrected chi connectivity index (χ3v) is 6.47. The van der Waals surface area contributed by atoms with E-state index in [0.29, 0.717) is 5.56 Å². The van der Waals surface area contributed by atoms with Crippen LogP contribution in [0.3, 0.4) is 0 Å². The number of benzene rings is 3. The van der Waals surface area contributed by atoms with Gasteiger partial charge in [-0.2, -0.15) is 8.42 Å². The Balaban J connectivity index is 1.86. The number of ether oxygens (including phenoxy) is 1. The summed E-state index contributed by atoms with van der Waals surface area (Å²) in [5.74, 6) is -1.88. The SMILES string of the molecule is CC(C)OC(=O)c1ccccc1S(=O)(=O)Oc1cccc(CN(C(=O)c2ccccc2F)C(C)C)c1. The molecule has 190 valence electrons. The molecule has 0 unspecified atom stereocenters. The number of esters is 1. The van der Waals surface area contributed by atoms with Crippen molar-refractivity contribution in [3.05, 3.63) is 95.3 Å². The zero-order chi connectivity index (χ0) is 26.5. The van der Waals surface area contributed by atoms with Crippen molar-refractivity contribution in [2.24, 2.45) is 0 Å². The Morgan fingerprint density at radius 2 is 1.53 bits per heavy atom. The molecule has 0 heterocycles. The third-order valence-electron chi connectivity index (χ3n) is 5.16. The largest absolute Gasteiger partial charge is 0.459 e. The molecule has 3 rings (SSSR count). The van der Waals surface area contributed by atoms with Gasteiger partial charge in [0.1, 0.15) is 16.5 Å². The minimum Gasteiger partial charge on any atom is -0.459 e. The van der Waals surface area contributed by atoms with E-state index in [4.69, 9.17) is 8.92 Å². The molecule has 0 atom stereocenters. The number of rotatable bonds is 9. The highest BCUT2D eigenvalue weighted by Gasteiger charge is 2.26. The van der Waals surface area contributed by atoms with Crippen LogP contribution in [-0.2, 0) is 21.4 Å². The monoisotopic (exact) mass is 513 g/mol. The first-order valence-corrected chi connectivity index (χ1v) is 12.8. The lowest BCUT2D eigenvalue weighted by Gasteiger charge is -2.27. The Bertz CT molecular complexity index is 1350. The molecule has 0 fully saturated rings. The van der Waals surface area contributed by atoms with Crippen LogP contribution in [0.4, 0.5) is 4.39 Å². The van der Waals surface area contributed by atoms with E-state index in [1.807, 2.05) is 0 Å². The lowest BCUT2D eigenvalue weighted by atomic mass is 10.1. The van der Waals surface area contributed by atoms with Crippen molar-refractivity contribution in [1.82, 2.24) is 4.90 Å². The van der Waals surface area contributed by atoms with Crippen molar-refractivity contribution < 1.29 is 31.3 Å². The van der Waals surface area contributed by atoms with Crippen LogP contribution in [0.1, 0.15) is 54.0 Å². The van der Waals surface area contributed by atoms with Crippen molar-refractivity contribution in [3.8, 4) is 5.75 Å². The number of carbonyl (C=O) groups excluding carboxylic acids is 2. The van der Waals surface area contributed by atoms with Gasteiger partial charge in [0.25, 0.3) is 5.91 Å². The number of hydrogen-bond donors (Lipinski definition) is 0. The molecule has 0 saturated carbocycles. The average Bonchev–Trinajstić information content (AvgIpc) is 2.82.